The number of benzene rings is 1. The van der Waals surface area contributed by atoms with Crippen LogP contribution < -0.4 is 10.6 Å². The van der Waals surface area contributed by atoms with Crippen molar-refractivity contribution in [3.8, 4) is 5.69 Å². The van der Waals surface area contributed by atoms with Crippen molar-refractivity contribution in [2.75, 3.05) is 13.1 Å². The first-order chi connectivity index (χ1) is 10.2. The first kappa shape index (κ1) is 13.8. The SMILES string of the molecule is Cc1cc(C(=O)NCC2CCCN2)nn1-c1ccccc1. The van der Waals surface area contributed by atoms with Gasteiger partial charge < -0.3 is 10.6 Å². The van der Waals surface area contributed by atoms with Crippen molar-refractivity contribution in [2.24, 2.45) is 0 Å². The first-order valence-electron chi connectivity index (χ1n) is 7.38. The number of amides is 1. The summed E-state index contributed by atoms with van der Waals surface area (Å²) >= 11 is 0. The summed E-state index contributed by atoms with van der Waals surface area (Å²) in [7, 11) is 0. The monoisotopic (exact) mass is 284 g/mol. The third-order valence-electron chi connectivity index (χ3n) is 3.79. The van der Waals surface area contributed by atoms with Gasteiger partial charge in [-0.3, -0.25) is 4.79 Å². The molecule has 0 aliphatic carbocycles. The fourth-order valence-electron chi connectivity index (χ4n) is 2.65. The summed E-state index contributed by atoms with van der Waals surface area (Å²) in [6.45, 7) is 3.66. The van der Waals surface area contributed by atoms with Gasteiger partial charge in [-0.15, -0.1) is 0 Å². The van der Waals surface area contributed by atoms with Gasteiger partial charge in [0.25, 0.3) is 5.91 Å². The molecule has 1 aromatic heterocycles. The standard InChI is InChI=1S/C16H20N4O/c1-12-10-15(16(21)18-11-13-6-5-9-17-13)19-20(12)14-7-3-2-4-8-14/h2-4,7-8,10,13,17H,5-6,9,11H2,1H3,(H,18,21). The Morgan fingerprint density at radius 3 is 2.95 bits per heavy atom. The van der Waals surface area contributed by atoms with Crippen molar-refractivity contribution < 1.29 is 4.79 Å². The topological polar surface area (TPSA) is 59.0 Å². The summed E-state index contributed by atoms with van der Waals surface area (Å²) < 4.78 is 1.79. The number of aromatic nitrogens is 2. The Hall–Kier alpha value is -2.14. The molecule has 5 nitrogen and oxygen atoms in total. The van der Waals surface area contributed by atoms with E-state index in [-0.39, 0.29) is 5.91 Å². The maximum Gasteiger partial charge on any atom is 0.271 e. The molecule has 2 aromatic rings. The maximum absolute atomic E-state index is 12.2. The molecule has 1 saturated heterocycles. The number of carbonyl (C=O) groups is 1. The van der Waals surface area contributed by atoms with Gasteiger partial charge in [-0.1, -0.05) is 18.2 Å². The zero-order valence-corrected chi connectivity index (χ0v) is 12.2. The van der Waals surface area contributed by atoms with Crippen LogP contribution in [0, 0.1) is 6.92 Å². The van der Waals surface area contributed by atoms with Crippen LogP contribution in [0.3, 0.4) is 0 Å². The lowest BCUT2D eigenvalue weighted by Gasteiger charge is -2.10. The lowest BCUT2D eigenvalue weighted by Crippen LogP contribution is -2.37. The van der Waals surface area contributed by atoms with Gasteiger partial charge >= 0.3 is 0 Å². The molecule has 110 valence electrons. The van der Waals surface area contributed by atoms with E-state index in [0.29, 0.717) is 18.3 Å². The Kier molecular flexibility index (Phi) is 4.01. The molecule has 1 aliphatic heterocycles. The predicted molar refractivity (Wildman–Crippen MR) is 81.7 cm³/mol. The Labute approximate surface area is 124 Å². The van der Waals surface area contributed by atoms with E-state index < -0.39 is 0 Å². The minimum Gasteiger partial charge on any atom is -0.349 e. The van der Waals surface area contributed by atoms with Gasteiger partial charge in [0, 0.05) is 18.3 Å². The molecule has 3 rings (SSSR count). The zero-order chi connectivity index (χ0) is 14.7. The minimum atomic E-state index is -0.110. The normalized spacial score (nSPS) is 17.9. The van der Waals surface area contributed by atoms with Crippen LogP contribution in [0.4, 0.5) is 0 Å². The van der Waals surface area contributed by atoms with E-state index >= 15 is 0 Å². The molecule has 0 saturated carbocycles. The van der Waals surface area contributed by atoms with Gasteiger partial charge in [0.1, 0.15) is 0 Å². The molecule has 2 N–H and O–H groups in total. The zero-order valence-electron chi connectivity index (χ0n) is 12.2. The molecule has 1 unspecified atom stereocenters. The molecule has 1 amide bonds. The Morgan fingerprint density at radius 2 is 2.24 bits per heavy atom. The number of rotatable bonds is 4. The number of hydrogen-bond acceptors (Lipinski definition) is 3. The summed E-state index contributed by atoms with van der Waals surface area (Å²) in [5.74, 6) is -0.110. The summed E-state index contributed by atoms with van der Waals surface area (Å²) in [5, 5.41) is 10.7. The van der Waals surface area contributed by atoms with E-state index in [1.807, 2.05) is 43.3 Å². The van der Waals surface area contributed by atoms with Crippen LogP contribution in [0.15, 0.2) is 36.4 Å². The van der Waals surface area contributed by atoms with Crippen molar-refractivity contribution in [3.05, 3.63) is 47.8 Å². The van der Waals surface area contributed by atoms with Crippen LogP contribution in [0.2, 0.25) is 0 Å². The fraction of sp³-hybridized carbons (Fsp3) is 0.375. The van der Waals surface area contributed by atoms with Crippen LogP contribution in [0.25, 0.3) is 5.69 Å². The molecule has 5 heteroatoms. The summed E-state index contributed by atoms with van der Waals surface area (Å²) in [6, 6.07) is 12.1. The fourth-order valence-corrected chi connectivity index (χ4v) is 2.65. The molecule has 0 radical (unpaired) electrons. The predicted octanol–water partition coefficient (Wildman–Crippen LogP) is 1.66. The lowest BCUT2D eigenvalue weighted by molar-refractivity contribution is 0.0945. The van der Waals surface area contributed by atoms with E-state index in [4.69, 9.17) is 0 Å². The van der Waals surface area contributed by atoms with E-state index in [9.17, 15) is 4.79 Å². The van der Waals surface area contributed by atoms with Crippen LogP contribution in [-0.2, 0) is 0 Å². The van der Waals surface area contributed by atoms with Crippen LogP contribution >= 0.6 is 0 Å². The number of carbonyl (C=O) groups excluding carboxylic acids is 1. The number of hydrogen-bond donors (Lipinski definition) is 2. The molecular formula is C16H20N4O. The van der Waals surface area contributed by atoms with Crippen molar-refractivity contribution in [3.63, 3.8) is 0 Å². The molecule has 1 atom stereocenters. The molecule has 0 spiro atoms. The van der Waals surface area contributed by atoms with Gasteiger partial charge in [0.15, 0.2) is 5.69 Å². The first-order valence-corrected chi connectivity index (χ1v) is 7.38. The average Bonchev–Trinajstić information content (AvgIpc) is 3.15. The second-order valence-electron chi connectivity index (χ2n) is 5.42. The van der Waals surface area contributed by atoms with Crippen molar-refractivity contribution in [1.82, 2.24) is 20.4 Å². The summed E-state index contributed by atoms with van der Waals surface area (Å²) in [4.78, 5) is 12.2. The van der Waals surface area contributed by atoms with E-state index in [1.54, 1.807) is 4.68 Å². The van der Waals surface area contributed by atoms with Crippen LogP contribution in [0.1, 0.15) is 29.0 Å². The molecule has 1 aromatic carbocycles. The van der Waals surface area contributed by atoms with Crippen molar-refractivity contribution in [2.45, 2.75) is 25.8 Å². The summed E-state index contributed by atoms with van der Waals surface area (Å²) in [6.07, 6.45) is 2.31. The Bertz CT molecular complexity index is 614. The molecule has 1 fully saturated rings. The number of nitrogens with zero attached hydrogens (tertiary/aromatic N) is 2. The van der Waals surface area contributed by atoms with Gasteiger partial charge in [0.2, 0.25) is 0 Å². The van der Waals surface area contributed by atoms with Crippen LogP contribution in [-0.4, -0.2) is 34.8 Å². The van der Waals surface area contributed by atoms with Crippen molar-refractivity contribution >= 4 is 5.91 Å². The molecule has 1 aliphatic rings. The Morgan fingerprint density at radius 1 is 1.43 bits per heavy atom. The Balaban J connectivity index is 1.69. The smallest absolute Gasteiger partial charge is 0.271 e. The number of para-hydroxylation sites is 1. The van der Waals surface area contributed by atoms with Gasteiger partial charge in [-0.05, 0) is 44.5 Å². The van der Waals surface area contributed by atoms with Crippen LogP contribution in [0.5, 0.6) is 0 Å². The second-order valence-corrected chi connectivity index (χ2v) is 5.42. The minimum absolute atomic E-state index is 0.110. The van der Waals surface area contributed by atoms with Gasteiger partial charge in [-0.2, -0.15) is 5.10 Å². The highest BCUT2D eigenvalue weighted by Crippen LogP contribution is 2.12. The van der Waals surface area contributed by atoms with E-state index in [2.05, 4.69) is 15.7 Å². The third kappa shape index (κ3) is 3.13. The highest BCUT2D eigenvalue weighted by molar-refractivity contribution is 5.92. The van der Waals surface area contributed by atoms with Gasteiger partial charge in [-0.25, -0.2) is 4.68 Å². The number of nitrogens with one attached hydrogen (secondary N) is 2. The second kappa shape index (κ2) is 6.10. The largest absolute Gasteiger partial charge is 0.349 e. The molecule has 21 heavy (non-hydrogen) atoms. The van der Waals surface area contributed by atoms with E-state index in [1.165, 1.54) is 6.42 Å². The highest BCUT2D eigenvalue weighted by atomic mass is 16.1. The lowest BCUT2D eigenvalue weighted by atomic mass is 10.2. The summed E-state index contributed by atoms with van der Waals surface area (Å²) in [5.41, 5.74) is 2.38. The van der Waals surface area contributed by atoms with Gasteiger partial charge in [0.05, 0.1) is 5.69 Å². The van der Waals surface area contributed by atoms with E-state index in [0.717, 1.165) is 24.3 Å². The third-order valence-corrected chi connectivity index (χ3v) is 3.79. The molecular weight excluding hydrogens is 264 g/mol. The maximum atomic E-state index is 12.2. The number of aryl methyl sites for hydroxylation is 1. The molecule has 0 bridgehead atoms. The van der Waals surface area contributed by atoms with Crippen molar-refractivity contribution in [1.29, 1.82) is 0 Å². The quantitative estimate of drug-likeness (QED) is 0.898. The molecule has 2 heterocycles. The highest BCUT2D eigenvalue weighted by Gasteiger charge is 2.17. The average molecular weight is 284 g/mol.